The van der Waals surface area contributed by atoms with Crippen LogP contribution in [0.15, 0.2) is 39.9 Å². The fourth-order valence-electron chi connectivity index (χ4n) is 1.54. The minimum Gasteiger partial charge on any atom is -0.403 e. The van der Waals surface area contributed by atoms with Crippen molar-refractivity contribution in [1.82, 2.24) is 4.98 Å². The Kier molecular flexibility index (Phi) is 4.04. The Morgan fingerprint density at radius 3 is 2.86 bits per heavy atom. The third-order valence-electron chi connectivity index (χ3n) is 2.59. The summed E-state index contributed by atoms with van der Waals surface area (Å²) in [6.45, 7) is 1.62. The van der Waals surface area contributed by atoms with Crippen LogP contribution in [-0.4, -0.2) is 23.7 Å². The van der Waals surface area contributed by atoms with E-state index in [1.807, 2.05) is 6.07 Å². The van der Waals surface area contributed by atoms with E-state index in [0.717, 1.165) is 17.5 Å². The van der Waals surface area contributed by atoms with Gasteiger partial charge in [-0.15, -0.1) is 0 Å². The summed E-state index contributed by atoms with van der Waals surface area (Å²) in [5.41, 5.74) is 6.49. The Morgan fingerprint density at radius 2 is 2.29 bits per heavy atom. The zero-order valence-electron chi connectivity index (χ0n) is 10.8. The van der Waals surface area contributed by atoms with Gasteiger partial charge in [0.25, 0.3) is 10.1 Å². The molecular weight excluding hydrogens is 312 g/mol. The molecule has 0 aliphatic carbocycles. The van der Waals surface area contributed by atoms with Gasteiger partial charge in [-0.1, -0.05) is 11.3 Å². The first-order valence-corrected chi connectivity index (χ1v) is 7.86. The van der Waals surface area contributed by atoms with Crippen molar-refractivity contribution in [2.75, 3.05) is 0 Å². The molecule has 7 nitrogen and oxygen atoms in total. The maximum Gasteiger partial charge on any atom is 0.294 e. The quantitative estimate of drug-likeness (QED) is 0.505. The van der Waals surface area contributed by atoms with Crippen molar-refractivity contribution in [2.45, 2.75) is 11.8 Å². The maximum absolute atomic E-state index is 11.1. The summed E-state index contributed by atoms with van der Waals surface area (Å²) in [4.78, 5) is 8.17. The summed E-state index contributed by atoms with van der Waals surface area (Å²) in [5.74, 6) is 0. The number of aliphatic imine (C=N–C) groups is 1. The van der Waals surface area contributed by atoms with Crippen LogP contribution in [-0.2, 0) is 10.1 Å². The normalized spacial score (nSPS) is 13.4. The highest BCUT2D eigenvalue weighted by Crippen LogP contribution is 2.30. The van der Waals surface area contributed by atoms with Crippen molar-refractivity contribution < 1.29 is 13.0 Å². The number of benzene rings is 1. The van der Waals surface area contributed by atoms with Crippen molar-refractivity contribution in [3.05, 3.63) is 30.0 Å². The molecule has 108 valence electrons. The molecule has 0 bridgehead atoms. The van der Waals surface area contributed by atoms with Gasteiger partial charge in [0, 0.05) is 6.20 Å². The molecule has 3 N–H and O–H groups in total. The first kappa shape index (κ1) is 15.1. The van der Waals surface area contributed by atoms with E-state index in [2.05, 4.69) is 9.98 Å². The van der Waals surface area contributed by atoms with Gasteiger partial charge in [-0.3, -0.25) is 4.55 Å². The summed E-state index contributed by atoms with van der Waals surface area (Å²) >= 11 is 1.14. The van der Waals surface area contributed by atoms with Gasteiger partial charge in [-0.2, -0.15) is 13.7 Å². The number of fused-ring (bicyclic) bond motifs is 1. The lowest BCUT2D eigenvalue weighted by Gasteiger charge is -1.94. The van der Waals surface area contributed by atoms with Crippen LogP contribution in [0.5, 0.6) is 0 Å². The van der Waals surface area contributed by atoms with Crippen molar-refractivity contribution in [3.8, 4) is 6.07 Å². The van der Waals surface area contributed by atoms with E-state index >= 15 is 0 Å². The number of allylic oxidation sites excluding steroid dienone is 1. The predicted molar refractivity (Wildman–Crippen MR) is 80.1 cm³/mol. The molecule has 0 radical (unpaired) electrons. The van der Waals surface area contributed by atoms with Crippen LogP contribution in [0.1, 0.15) is 6.92 Å². The Morgan fingerprint density at radius 1 is 1.57 bits per heavy atom. The van der Waals surface area contributed by atoms with Gasteiger partial charge in [-0.25, -0.2) is 9.98 Å². The Labute approximate surface area is 124 Å². The molecule has 0 atom stereocenters. The van der Waals surface area contributed by atoms with Crippen LogP contribution in [0.4, 0.5) is 5.13 Å². The van der Waals surface area contributed by atoms with Crippen LogP contribution < -0.4 is 5.73 Å². The third-order valence-corrected chi connectivity index (χ3v) is 4.35. The largest absolute Gasteiger partial charge is 0.403 e. The summed E-state index contributed by atoms with van der Waals surface area (Å²) < 4.78 is 31.7. The van der Waals surface area contributed by atoms with Crippen LogP contribution >= 0.6 is 11.3 Å². The molecule has 0 spiro atoms. The minimum absolute atomic E-state index is 0.203. The second-order valence-corrected chi connectivity index (χ2v) is 6.42. The van der Waals surface area contributed by atoms with Gasteiger partial charge in [-0.05, 0) is 25.1 Å². The van der Waals surface area contributed by atoms with Gasteiger partial charge < -0.3 is 5.73 Å². The molecule has 2 rings (SSSR count). The van der Waals surface area contributed by atoms with E-state index in [1.165, 1.54) is 18.2 Å². The van der Waals surface area contributed by atoms with E-state index < -0.39 is 10.1 Å². The molecule has 0 amide bonds. The third kappa shape index (κ3) is 3.25. The Bertz CT molecular complexity index is 904. The number of nitrogens with zero attached hydrogens (tertiary/aromatic N) is 3. The first-order valence-electron chi connectivity index (χ1n) is 5.61. The molecule has 1 aromatic heterocycles. The zero-order valence-corrected chi connectivity index (χ0v) is 12.4. The molecule has 9 heteroatoms. The number of nitrogens with two attached hydrogens (primary N) is 1. The Hall–Kier alpha value is -2.28. The van der Waals surface area contributed by atoms with Gasteiger partial charge in [0.15, 0.2) is 0 Å². The summed E-state index contributed by atoms with van der Waals surface area (Å²) in [6, 6.07) is 5.97. The number of hydrogen-bond donors (Lipinski definition) is 2. The number of aromatic nitrogens is 1. The van der Waals surface area contributed by atoms with E-state index in [9.17, 15) is 8.42 Å². The summed E-state index contributed by atoms with van der Waals surface area (Å²) in [7, 11) is -4.26. The predicted octanol–water partition coefficient (Wildman–Crippen LogP) is 2.00. The first-order chi connectivity index (χ1) is 9.85. The smallest absolute Gasteiger partial charge is 0.294 e. The van der Waals surface area contributed by atoms with Crippen molar-refractivity contribution in [2.24, 2.45) is 10.7 Å². The fraction of sp³-hybridized carbons (Fsp3) is 0.0833. The van der Waals surface area contributed by atoms with E-state index in [4.69, 9.17) is 15.5 Å². The van der Waals surface area contributed by atoms with E-state index in [1.54, 1.807) is 6.92 Å². The molecule has 0 saturated carbocycles. The number of hydrogen-bond acceptors (Lipinski definition) is 7. The molecule has 0 unspecified atom stereocenters. The minimum atomic E-state index is -4.26. The molecule has 21 heavy (non-hydrogen) atoms. The van der Waals surface area contributed by atoms with E-state index in [-0.39, 0.29) is 10.5 Å². The van der Waals surface area contributed by atoms with Gasteiger partial charge >= 0.3 is 0 Å². The second-order valence-electron chi connectivity index (χ2n) is 3.99. The number of thiazole rings is 1. The number of rotatable bonds is 3. The molecule has 1 heterocycles. The second kappa shape index (κ2) is 5.61. The molecule has 0 saturated heterocycles. The summed E-state index contributed by atoms with van der Waals surface area (Å²) in [5, 5.41) is 9.21. The zero-order chi connectivity index (χ0) is 15.6. The van der Waals surface area contributed by atoms with Crippen molar-refractivity contribution >= 4 is 42.5 Å². The lowest BCUT2D eigenvalue weighted by Crippen LogP contribution is -1.97. The highest BCUT2D eigenvalue weighted by Gasteiger charge is 2.12. The van der Waals surface area contributed by atoms with Crippen LogP contribution in [0, 0.1) is 11.3 Å². The average molecular weight is 322 g/mol. The highest BCUT2D eigenvalue weighted by molar-refractivity contribution is 7.85. The topological polar surface area (TPSA) is 129 Å². The monoisotopic (exact) mass is 322 g/mol. The molecule has 0 aliphatic heterocycles. The van der Waals surface area contributed by atoms with Crippen LogP contribution in [0.2, 0.25) is 0 Å². The lowest BCUT2D eigenvalue weighted by atomic mass is 10.2. The molecule has 0 aliphatic rings. The van der Waals surface area contributed by atoms with Crippen LogP contribution in [0.3, 0.4) is 0 Å². The molecule has 1 aromatic carbocycles. The van der Waals surface area contributed by atoms with Crippen LogP contribution in [0.25, 0.3) is 10.2 Å². The van der Waals surface area contributed by atoms with Gasteiger partial charge in [0.05, 0.1) is 26.4 Å². The number of nitriles is 1. The summed E-state index contributed by atoms with van der Waals surface area (Å²) in [6.07, 6.45) is 1.16. The fourth-order valence-corrected chi connectivity index (χ4v) is 3.05. The standard InChI is InChI=1S/C12H10N4O3S2/c1-7(8(5-13)6-14)15-12-16-10-3-2-9(21(17,18)19)4-11(10)20-12/h2-5H,13H2,1H3,(H,17,18,19). The van der Waals surface area contributed by atoms with Crippen molar-refractivity contribution in [1.29, 1.82) is 5.26 Å². The molecule has 2 aromatic rings. The maximum atomic E-state index is 11.1. The highest BCUT2D eigenvalue weighted by atomic mass is 32.2. The SMILES string of the molecule is CC(=Nc1nc2ccc(S(=O)(=O)O)cc2s1)C(C#N)=CN. The van der Waals surface area contributed by atoms with Gasteiger partial charge in [0.1, 0.15) is 6.07 Å². The molecular formula is C12H10N4O3S2. The molecule has 0 fully saturated rings. The van der Waals surface area contributed by atoms with Gasteiger partial charge in [0.2, 0.25) is 5.13 Å². The lowest BCUT2D eigenvalue weighted by molar-refractivity contribution is 0.483. The van der Waals surface area contributed by atoms with Crippen molar-refractivity contribution in [3.63, 3.8) is 0 Å². The average Bonchev–Trinajstić information content (AvgIpc) is 2.80. The van der Waals surface area contributed by atoms with E-state index in [0.29, 0.717) is 21.1 Å². The Balaban J connectivity index is 2.50.